The number of anilines is 1. The molecule has 1 amide bonds. The van der Waals surface area contributed by atoms with E-state index in [9.17, 15) is 9.59 Å². The Bertz CT molecular complexity index is 494. The highest BCUT2D eigenvalue weighted by molar-refractivity contribution is 5.99. The van der Waals surface area contributed by atoms with E-state index in [4.69, 9.17) is 5.11 Å². The molecule has 0 unspecified atom stereocenters. The lowest BCUT2D eigenvalue weighted by Gasteiger charge is -2.15. The Morgan fingerprint density at radius 2 is 1.89 bits per heavy atom. The lowest BCUT2D eigenvalue weighted by molar-refractivity contribution is -0.136. The average Bonchev–Trinajstić information content (AvgIpc) is 2.40. The summed E-state index contributed by atoms with van der Waals surface area (Å²) in [6.07, 6.45) is -0.142. The minimum atomic E-state index is -0.976. The fourth-order valence-corrected chi connectivity index (χ4v) is 1.42. The molecule has 1 aromatic carbocycles. The van der Waals surface area contributed by atoms with Crippen molar-refractivity contribution in [2.24, 2.45) is 10.2 Å². The molecule has 0 aliphatic rings. The van der Waals surface area contributed by atoms with Crippen LogP contribution in [-0.2, 0) is 4.79 Å². The number of carboxylic acid groups (broad SMARTS) is 1. The van der Waals surface area contributed by atoms with Crippen LogP contribution in [0.3, 0.4) is 0 Å². The van der Waals surface area contributed by atoms with Gasteiger partial charge in [0, 0.05) is 20.0 Å². The van der Waals surface area contributed by atoms with Crippen LogP contribution in [0.25, 0.3) is 0 Å². The van der Waals surface area contributed by atoms with Gasteiger partial charge in [-0.25, -0.2) is 0 Å². The van der Waals surface area contributed by atoms with Gasteiger partial charge < -0.3 is 10.4 Å². The van der Waals surface area contributed by atoms with E-state index < -0.39 is 11.9 Å². The third-order valence-corrected chi connectivity index (χ3v) is 2.26. The van der Waals surface area contributed by atoms with Crippen molar-refractivity contribution < 1.29 is 14.7 Å². The summed E-state index contributed by atoms with van der Waals surface area (Å²) in [5, 5.41) is 19.3. The molecule has 0 atom stereocenters. The second-order valence-electron chi connectivity index (χ2n) is 3.49. The lowest BCUT2D eigenvalue weighted by Crippen LogP contribution is -2.27. The summed E-state index contributed by atoms with van der Waals surface area (Å²) in [6.45, 7) is 6.70. The Kier molecular flexibility index (Phi) is 5.21. The summed E-state index contributed by atoms with van der Waals surface area (Å²) < 4.78 is 0. The largest absolute Gasteiger partial charge is 0.481 e. The highest BCUT2D eigenvalue weighted by atomic mass is 16.4. The molecule has 0 aromatic heterocycles. The number of hydrogen-bond acceptors (Lipinski definition) is 5. The molecule has 100 valence electrons. The van der Waals surface area contributed by atoms with E-state index in [1.54, 1.807) is 24.3 Å². The maximum Gasteiger partial charge on any atom is 0.305 e. The number of hydrazone groups is 2. The van der Waals surface area contributed by atoms with Crippen LogP contribution in [0.2, 0.25) is 0 Å². The van der Waals surface area contributed by atoms with Gasteiger partial charge >= 0.3 is 5.97 Å². The van der Waals surface area contributed by atoms with Crippen molar-refractivity contribution in [3.63, 3.8) is 0 Å². The predicted molar refractivity (Wildman–Crippen MR) is 72.6 cm³/mol. The zero-order valence-electron chi connectivity index (χ0n) is 10.2. The number of para-hydroxylation sites is 1. The van der Waals surface area contributed by atoms with E-state index in [0.717, 1.165) is 5.12 Å². The molecule has 0 heterocycles. The molecular formula is C12H14N4O3. The van der Waals surface area contributed by atoms with Gasteiger partial charge in [0.05, 0.1) is 17.7 Å². The van der Waals surface area contributed by atoms with Crippen LogP contribution in [-0.4, -0.2) is 37.0 Å². The number of hydrogen-bond donors (Lipinski definition) is 2. The summed E-state index contributed by atoms with van der Waals surface area (Å²) in [5.41, 5.74) is 0.730. The van der Waals surface area contributed by atoms with E-state index in [1.165, 1.54) is 0 Å². The summed E-state index contributed by atoms with van der Waals surface area (Å²) in [6, 6.07) is 6.61. The second-order valence-corrected chi connectivity index (χ2v) is 3.49. The Labute approximate surface area is 110 Å². The van der Waals surface area contributed by atoms with Crippen LogP contribution in [0.5, 0.6) is 0 Å². The smallest absolute Gasteiger partial charge is 0.305 e. The summed E-state index contributed by atoms with van der Waals surface area (Å²) in [7, 11) is 0. The molecule has 1 aromatic rings. The van der Waals surface area contributed by atoms with Crippen LogP contribution < -0.4 is 10.4 Å². The Balaban J connectivity index is 2.87. The van der Waals surface area contributed by atoms with Gasteiger partial charge in [-0.3, -0.25) is 9.59 Å². The van der Waals surface area contributed by atoms with Crippen LogP contribution in [0.15, 0.2) is 34.5 Å². The number of benzene rings is 1. The number of amides is 1. The topological polar surface area (TPSA) is 94.4 Å². The van der Waals surface area contributed by atoms with E-state index >= 15 is 0 Å². The first-order valence-corrected chi connectivity index (χ1v) is 5.42. The maximum absolute atomic E-state index is 11.9. The highest BCUT2D eigenvalue weighted by Crippen LogP contribution is 2.20. The van der Waals surface area contributed by atoms with E-state index in [2.05, 4.69) is 29.0 Å². The summed E-state index contributed by atoms with van der Waals surface area (Å²) in [5.74, 6) is -1.38. The van der Waals surface area contributed by atoms with Crippen LogP contribution in [0.4, 0.5) is 5.69 Å². The monoisotopic (exact) mass is 262 g/mol. The fraction of sp³-hybridized carbons (Fsp3) is 0.167. The molecule has 0 fully saturated rings. The molecular weight excluding hydrogens is 248 g/mol. The molecule has 1 rings (SSSR count). The zero-order valence-corrected chi connectivity index (χ0v) is 10.2. The summed E-state index contributed by atoms with van der Waals surface area (Å²) in [4.78, 5) is 22.3. The highest BCUT2D eigenvalue weighted by Gasteiger charge is 2.14. The normalized spacial score (nSPS) is 9.47. The van der Waals surface area contributed by atoms with Gasteiger partial charge in [0.15, 0.2) is 0 Å². The molecule has 0 saturated carbocycles. The first-order chi connectivity index (χ1) is 9.10. The van der Waals surface area contributed by atoms with Crippen LogP contribution in [0, 0.1) is 0 Å². The SMILES string of the molecule is C=NN(N=C)c1ccccc1C(=O)NCCC(=O)O. The van der Waals surface area contributed by atoms with Crippen molar-refractivity contribution in [3.8, 4) is 0 Å². The standard InChI is InChI=1S/C12H14N4O3/c1-13-16(14-2)10-6-4-3-5-9(10)12(19)15-8-7-11(17)18/h3-6H,1-2,7-8H2,(H,15,19)(H,17,18). The van der Waals surface area contributed by atoms with Gasteiger partial charge in [0.1, 0.15) is 0 Å². The van der Waals surface area contributed by atoms with E-state index in [0.29, 0.717) is 11.3 Å². The first-order valence-electron chi connectivity index (χ1n) is 5.42. The fourth-order valence-electron chi connectivity index (χ4n) is 1.42. The second kappa shape index (κ2) is 6.90. The third-order valence-electron chi connectivity index (χ3n) is 2.26. The van der Waals surface area contributed by atoms with Gasteiger partial charge in [-0.2, -0.15) is 15.3 Å². The number of rotatable bonds is 7. The molecule has 19 heavy (non-hydrogen) atoms. The number of carbonyl (C=O) groups excluding carboxylic acids is 1. The molecule has 0 spiro atoms. The minimum absolute atomic E-state index is 0.0472. The minimum Gasteiger partial charge on any atom is -0.481 e. The van der Waals surface area contributed by atoms with Crippen molar-refractivity contribution in [2.45, 2.75) is 6.42 Å². The third kappa shape index (κ3) is 3.91. The zero-order chi connectivity index (χ0) is 14.3. The van der Waals surface area contributed by atoms with Crippen LogP contribution in [0.1, 0.15) is 16.8 Å². The van der Waals surface area contributed by atoms with Crippen molar-refractivity contribution in [1.82, 2.24) is 5.32 Å². The average molecular weight is 262 g/mol. The van der Waals surface area contributed by atoms with Gasteiger partial charge in [0.2, 0.25) is 0 Å². The van der Waals surface area contributed by atoms with Gasteiger partial charge in [-0.05, 0) is 12.1 Å². The molecule has 7 heteroatoms. The molecule has 2 N–H and O–H groups in total. The quantitative estimate of drug-likeness (QED) is 0.564. The molecule has 0 aliphatic carbocycles. The Morgan fingerprint density at radius 3 is 2.47 bits per heavy atom. The van der Waals surface area contributed by atoms with Crippen molar-refractivity contribution in [2.75, 3.05) is 11.7 Å². The number of carbonyl (C=O) groups is 2. The molecule has 0 saturated heterocycles. The van der Waals surface area contributed by atoms with E-state index in [1.807, 2.05) is 0 Å². The number of nitrogens with zero attached hydrogens (tertiary/aromatic N) is 3. The van der Waals surface area contributed by atoms with Gasteiger partial charge in [-0.15, -0.1) is 0 Å². The molecule has 7 nitrogen and oxygen atoms in total. The Morgan fingerprint density at radius 1 is 1.26 bits per heavy atom. The maximum atomic E-state index is 11.9. The van der Waals surface area contributed by atoms with Crippen molar-refractivity contribution in [1.29, 1.82) is 0 Å². The first kappa shape index (κ1) is 14.4. The molecule has 0 bridgehead atoms. The summed E-state index contributed by atoms with van der Waals surface area (Å²) >= 11 is 0. The van der Waals surface area contributed by atoms with Crippen molar-refractivity contribution in [3.05, 3.63) is 29.8 Å². The van der Waals surface area contributed by atoms with Gasteiger partial charge in [-0.1, -0.05) is 12.1 Å². The number of nitrogens with one attached hydrogen (secondary N) is 1. The molecule has 0 aliphatic heterocycles. The van der Waals surface area contributed by atoms with Gasteiger partial charge in [0.25, 0.3) is 5.91 Å². The predicted octanol–water partition coefficient (Wildman–Crippen LogP) is 0.929. The number of carboxylic acids is 1. The number of aliphatic carboxylic acids is 1. The van der Waals surface area contributed by atoms with Crippen molar-refractivity contribution >= 4 is 31.0 Å². The van der Waals surface area contributed by atoms with E-state index in [-0.39, 0.29) is 13.0 Å². The molecule has 0 radical (unpaired) electrons. The van der Waals surface area contributed by atoms with Crippen LogP contribution >= 0.6 is 0 Å². The Hall–Kier alpha value is -2.70. The lowest BCUT2D eigenvalue weighted by atomic mass is 10.1.